The van der Waals surface area contributed by atoms with Gasteiger partial charge in [0.1, 0.15) is 17.3 Å². The second-order valence-corrected chi connectivity index (χ2v) is 6.95. The van der Waals surface area contributed by atoms with E-state index in [0.29, 0.717) is 16.5 Å². The minimum atomic E-state index is -0.119. The second-order valence-electron chi connectivity index (χ2n) is 6.16. The maximum atomic E-state index is 9.49. The van der Waals surface area contributed by atoms with Crippen molar-refractivity contribution in [1.82, 2.24) is 20.8 Å². The quantitative estimate of drug-likeness (QED) is 0.683. The predicted molar refractivity (Wildman–Crippen MR) is 106 cm³/mol. The highest BCUT2D eigenvalue weighted by molar-refractivity contribution is 6.34. The maximum Gasteiger partial charge on any atom is 0.155 e. The fraction of sp³-hybridized carbons (Fsp3) is 0.167. The number of nitrogens with zero attached hydrogens (tertiary/aromatic N) is 4. The molecule has 3 N–H and O–H groups in total. The molecule has 0 aliphatic carbocycles. The van der Waals surface area contributed by atoms with E-state index in [1.165, 1.54) is 6.20 Å². The van der Waals surface area contributed by atoms with Gasteiger partial charge in [0.15, 0.2) is 17.2 Å². The first-order chi connectivity index (χ1) is 13.0. The van der Waals surface area contributed by atoms with Gasteiger partial charge in [-0.2, -0.15) is 5.10 Å². The first-order valence-corrected chi connectivity index (χ1v) is 9.03. The number of aromatic hydroxyl groups is 1. The zero-order chi connectivity index (χ0) is 19.0. The summed E-state index contributed by atoms with van der Waals surface area (Å²) >= 11 is 12.1. The van der Waals surface area contributed by atoms with Crippen LogP contribution in [-0.2, 0) is 0 Å². The van der Waals surface area contributed by atoms with E-state index in [9.17, 15) is 5.11 Å². The van der Waals surface area contributed by atoms with Gasteiger partial charge in [-0.05, 0) is 35.9 Å². The molecule has 2 aliphatic rings. The SMILES string of the molecule is C[C@H](C1=NNC2C=CC(=Nc3cc(Cl)cnc3Cl)NN12)c1ccc(O)cc1. The Bertz CT molecular complexity index is 957. The normalized spacial score (nSPS) is 20.7. The van der Waals surface area contributed by atoms with Crippen LogP contribution >= 0.6 is 23.2 Å². The lowest BCUT2D eigenvalue weighted by molar-refractivity contribution is 0.302. The van der Waals surface area contributed by atoms with Crippen LogP contribution < -0.4 is 10.9 Å². The predicted octanol–water partition coefficient (Wildman–Crippen LogP) is 3.55. The summed E-state index contributed by atoms with van der Waals surface area (Å²) in [5.41, 5.74) is 7.84. The van der Waals surface area contributed by atoms with Gasteiger partial charge in [-0.25, -0.2) is 15.0 Å². The number of hydrazone groups is 1. The zero-order valence-electron chi connectivity index (χ0n) is 14.3. The molecule has 0 saturated heterocycles. The van der Waals surface area contributed by atoms with E-state index < -0.39 is 0 Å². The summed E-state index contributed by atoms with van der Waals surface area (Å²) in [6.45, 7) is 2.05. The number of hydrogen-bond acceptors (Lipinski definition) is 6. The van der Waals surface area contributed by atoms with Crippen LogP contribution in [0.3, 0.4) is 0 Å². The maximum absolute atomic E-state index is 9.49. The minimum Gasteiger partial charge on any atom is -0.508 e. The molecule has 2 aliphatic heterocycles. The van der Waals surface area contributed by atoms with Crippen molar-refractivity contribution < 1.29 is 5.11 Å². The number of hydrazine groups is 1. The van der Waals surface area contributed by atoms with Crippen LogP contribution in [-0.4, -0.2) is 32.9 Å². The molecule has 0 saturated carbocycles. The zero-order valence-corrected chi connectivity index (χ0v) is 15.8. The summed E-state index contributed by atoms with van der Waals surface area (Å²) in [4.78, 5) is 8.50. The molecule has 0 fully saturated rings. The second kappa shape index (κ2) is 7.09. The number of halogens is 2. The van der Waals surface area contributed by atoms with Crippen LogP contribution in [0.4, 0.5) is 5.69 Å². The van der Waals surface area contributed by atoms with Gasteiger partial charge < -0.3 is 5.11 Å². The van der Waals surface area contributed by atoms with Crippen molar-refractivity contribution in [2.24, 2.45) is 10.1 Å². The number of fused-ring (bicyclic) bond motifs is 1. The van der Waals surface area contributed by atoms with Gasteiger partial charge in [-0.15, -0.1) is 0 Å². The smallest absolute Gasteiger partial charge is 0.155 e. The molecule has 0 amide bonds. The molecule has 138 valence electrons. The molecule has 0 radical (unpaired) electrons. The van der Waals surface area contributed by atoms with E-state index >= 15 is 0 Å². The standard InChI is InChI=1S/C18H16Cl2N6O/c1-10(11-2-4-13(27)5-3-11)18-24-23-16-7-6-15(25-26(16)18)22-14-8-12(19)9-21-17(14)20/h2-10,16,23,27H,1H3,(H,22,25)/t10-,16?/m0/s1. The molecule has 9 heteroatoms. The molecule has 4 rings (SSSR count). The molecule has 0 spiro atoms. The van der Waals surface area contributed by atoms with Crippen LogP contribution in [0.2, 0.25) is 10.2 Å². The van der Waals surface area contributed by atoms with Crippen LogP contribution in [0.1, 0.15) is 18.4 Å². The molecule has 7 nitrogen and oxygen atoms in total. The number of benzene rings is 1. The van der Waals surface area contributed by atoms with Gasteiger partial charge in [0.2, 0.25) is 0 Å². The lowest BCUT2D eigenvalue weighted by Gasteiger charge is -2.31. The van der Waals surface area contributed by atoms with Gasteiger partial charge in [0.05, 0.1) is 5.02 Å². The van der Waals surface area contributed by atoms with Crippen molar-refractivity contribution >= 4 is 40.6 Å². The highest BCUT2D eigenvalue weighted by Crippen LogP contribution is 2.27. The molecule has 2 aromatic rings. The number of aromatic nitrogens is 1. The number of rotatable bonds is 3. The fourth-order valence-corrected chi connectivity index (χ4v) is 3.18. The summed E-state index contributed by atoms with van der Waals surface area (Å²) in [5.74, 6) is 1.63. The Morgan fingerprint density at radius 2 is 2.04 bits per heavy atom. The average Bonchev–Trinajstić information content (AvgIpc) is 3.08. The Balaban J connectivity index is 1.58. The molecule has 1 unspecified atom stereocenters. The number of nitrogens with one attached hydrogen (secondary N) is 2. The van der Waals surface area contributed by atoms with E-state index in [1.807, 2.05) is 36.2 Å². The van der Waals surface area contributed by atoms with Gasteiger partial charge in [0, 0.05) is 12.1 Å². The van der Waals surface area contributed by atoms with Crippen molar-refractivity contribution in [2.75, 3.05) is 0 Å². The average molecular weight is 403 g/mol. The first-order valence-electron chi connectivity index (χ1n) is 8.27. The lowest BCUT2D eigenvalue weighted by atomic mass is 9.99. The summed E-state index contributed by atoms with van der Waals surface area (Å²) in [6.07, 6.45) is 5.14. The van der Waals surface area contributed by atoms with E-state index in [-0.39, 0.29) is 23.0 Å². The monoisotopic (exact) mass is 402 g/mol. The van der Waals surface area contributed by atoms with Gasteiger partial charge in [0.25, 0.3) is 0 Å². The van der Waals surface area contributed by atoms with Crippen molar-refractivity contribution in [3.8, 4) is 5.75 Å². The van der Waals surface area contributed by atoms with Gasteiger partial charge >= 0.3 is 0 Å². The van der Waals surface area contributed by atoms with Crippen LogP contribution in [0.25, 0.3) is 0 Å². The Kier molecular flexibility index (Phi) is 4.63. The molecule has 1 aromatic heterocycles. The summed E-state index contributed by atoms with van der Waals surface area (Å²) < 4.78 is 0. The van der Waals surface area contributed by atoms with Crippen molar-refractivity contribution in [3.05, 3.63) is 64.4 Å². The number of hydrogen-bond donors (Lipinski definition) is 3. The first kappa shape index (κ1) is 17.6. The molecular weight excluding hydrogens is 387 g/mol. The summed E-state index contributed by atoms with van der Waals surface area (Å²) in [5, 5.41) is 16.6. The Labute approximate surface area is 166 Å². The topological polar surface area (TPSA) is 85.1 Å². The number of phenols is 1. The van der Waals surface area contributed by atoms with Crippen LogP contribution in [0.5, 0.6) is 5.75 Å². The number of aliphatic imine (C=N–C) groups is 1. The van der Waals surface area contributed by atoms with Crippen molar-refractivity contribution in [3.63, 3.8) is 0 Å². The molecule has 0 bridgehead atoms. The Hall–Kier alpha value is -2.77. The molecule has 2 atom stereocenters. The number of pyridine rings is 1. The van der Waals surface area contributed by atoms with E-state index in [0.717, 1.165) is 11.4 Å². The van der Waals surface area contributed by atoms with E-state index in [4.69, 9.17) is 23.2 Å². The fourth-order valence-electron chi connectivity index (χ4n) is 2.89. The summed E-state index contributed by atoms with van der Waals surface area (Å²) in [6, 6.07) is 8.74. The Morgan fingerprint density at radius 3 is 2.81 bits per heavy atom. The Morgan fingerprint density at radius 1 is 1.26 bits per heavy atom. The third-order valence-corrected chi connectivity index (χ3v) is 4.81. The molecule has 27 heavy (non-hydrogen) atoms. The summed E-state index contributed by atoms with van der Waals surface area (Å²) in [7, 11) is 0. The minimum absolute atomic E-state index is 0.000209. The largest absolute Gasteiger partial charge is 0.508 e. The van der Waals surface area contributed by atoms with Crippen LogP contribution in [0.15, 0.2) is 58.8 Å². The van der Waals surface area contributed by atoms with Crippen molar-refractivity contribution in [1.29, 1.82) is 0 Å². The lowest BCUT2D eigenvalue weighted by Crippen LogP contribution is -2.53. The van der Waals surface area contributed by atoms with E-state index in [1.54, 1.807) is 18.2 Å². The molecule has 1 aromatic carbocycles. The van der Waals surface area contributed by atoms with Crippen LogP contribution in [0, 0.1) is 0 Å². The van der Waals surface area contributed by atoms with E-state index in [2.05, 4.69) is 25.9 Å². The molecule has 3 heterocycles. The highest BCUT2D eigenvalue weighted by Gasteiger charge is 2.33. The van der Waals surface area contributed by atoms with Gasteiger partial charge in [-0.1, -0.05) is 42.3 Å². The third kappa shape index (κ3) is 3.56. The van der Waals surface area contributed by atoms with Crippen molar-refractivity contribution in [2.45, 2.75) is 19.0 Å². The molecular formula is C18H16Cl2N6O. The highest BCUT2D eigenvalue weighted by atomic mass is 35.5. The number of phenolic OH excluding ortho intramolecular Hbond substituents is 1. The van der Waals surface area contributed by atoms with Gasteiger partial charge in [-0.3, -0.25) is 10.9 Å². The number of amidine groups is 2. The third-order valence-electron chi connectivity index (χ3n) is 4.32.